The van der Waals surface area contributed by atoms with Gasteiger partial charge in [0.1, 0.15) is 5.82 Å². The van der Waals surface area contributed by atoms with Crippen molar-refractivity contribution in [2.24, 2.45) is 5.73 Å². The predicted octanol–water partition coefficient (Wildman–Crippen LogP) is -1.17. The Labute approximate surface area is 122 Å². The molecule has 1 aromatic rings. The lowest BCUT2D eigenvalue weighted by molar-refractivity contribution is -0.126. The van der Waals surface area contributed by atoms with Gasteiger partial charge in [-0.15, -0.1) is 0 Å². The summed E-state index contributed by atoms with van der Waals surface area (Å²) in [6.07, 6.45) is 0. The van der Waals surface area contributed by atoms with Gasteiger partial charge in [0.15, 0.2) is 0 Å². The Morgan fingerprint density at radius 1 is 1.05 bits per heavy atom. The van der Waals surface area contributed by atoms with E-state index in [1.54, 1.807) is 0 Å². The number of amides is 3. The zero-order chi connectivity index (χ0) is 15.8. The van der Waals surface area contributed by atoms with Gasteiger partial charge in [0.05, 0.1) is 19.6 Å². The fourth-order valence-electron chi connectivity index (χ4n) is 1.59. The first-order chi connectivity index (χ1) is 9.86. The molecule has 0 aromatic carbocycles. The van der Waals surface area contributed by atoms with E-state index in [1.807, 2.05) is 26.0 Å². The molecule has 1 aromatic heterocycles. The van der Waals surface area contributed by atoms with Crippen LogP contribution in [0.2, 0.25) is 0 Å². The highest BCUT2D eigenvalue weighted by atomic mass is 16.2. The molecular weight excluding hydrogens is 274 g/mol. The lowest BCUT2D eigenvalue weighted by Gasteiger charge is -2.08. The summed E-state index contributed by atoms with van der Waals surface area (Å²) in [6.45, 7) is 3.33. The number of anilines is 1. The molecule has 5 N–H and O–H groups in total. The number of carbonyl (C=O) groups excluding carboxylic acids is 3. The molecule has 0 bridgehead atoms. The molecule has 0 aliphatic heterocycles. The Morgan fingerprint density at radius 2 is 1.67 bits per heavy atom. The maximum Gasteiger partial charge on any atom is 0.239 e. The van der Waals surface area contributed by atoms with Crippen LogP contribution < -0.4 is 21.7 Å². The minimum atomic E-state index is -0.641. The van der Waals surface area contributed by atoms with Crippen LogP contribution in [0.25, 0.3) is 0 Å². The van der Waals surface area contributed by atoms with Crippen molar-refractivity contribution in [3.05, 3.63) is 23.4 Å². The number of nitrogens with zero attached hydrogens (tertiary/aromatic N) is 1. The van der Waals surface area contributed by atoms with Gasteiger partial charge >= 0.3 is 0 Å². The molecule has 0 aliphatic rings. The van der Waals surface area contributed by atoms with Crippen LogP contribution in [0.4, 0.5) is 5.82 Å². The van der Waals surface area contributed by atoms with Crippen molar-refractivity contribution < 1.29 is 14.4 Å². The highest BCUT2D eigenvalue weighted by molar-refractivity contribution is 5.88. The molecule has 0 atom stereocenters. The number of hydrogen-bond acceptors (Lipinski definition) is 5. The van der Waals surface area contributed by atoms with E-state index >= 15 is 0 Å². The molecular formula is C13H19N5O3. The summed E-state index contributed by atoms with van der Waals surface area (Å²) in [4.78, 5) is 37.5. The number of pyridine rings is 1. The van der Waals surface area contributed by atoms with Crippen LogP contribution in [0.5, 0.6) is 0 Å². The van der Waals surface area contributed by atoms with Gasteiger partial charge in [-0.2, -0.15) is 0 Å². The van der Waals surface area contributed by atoms with Crippen molar-refractivity contribution in [2.45, 2.75) is 13.8 Å². The molecule has 0 spiro atoms. The van der Waals surface area contributed by atoms with Gasteiger partial charge in [-0.05, 0) is 31.5 Å². The van der Waals surface area contributed by atoms with Gasteiger partial charge in [-0.25, -0.2) is 4.98 Å². The fraction of sp³-hybridized carbons (Fsp3) is 0.385. The largest absolute Gasteiger partial charge is 0.368 e. The third-order valence-electron chi connectivity index (χ3n) is 2.43. The van der Waals surface area contributed by atoms with Crippen LogP contribution in [0.15, 0.2) is 12.1 Å². The zero-order valence-corrected chi connectivity index (χ0v) is 12.0. The number of nitrogens with one attached hydrogen (secondary N) is 3. The van der Waals surface area contributed by atoms with Crippen molar-refractivity contribution in [3.8, 4) is 0 Å². The highest BCUT2D eigenvalue weighted by Gasteiger charge is 2.06. The summed E-state index contributed by atoms with van der Waals surface area (Å²) >= 11 is 0. The van der Waals surface area contributed by atoms with Gasteiger partial charge in [0.2, 0.25) is 17.7 Å². The molecule has 0 fully saturated rings. The third kappa shape index (κ3) is 6.90. The second-order valence-corrected chi connectivity index (χ2v) is 4.54. The van der Waals surface area contributed by atoms with Gasteiger partial charge in [0, 0.05) is 5.69 Å². The molecule has 0 saturated carbocycles. The molecule has 21 heavy (non-hydrogen) atoms. The number of aromatic nitrogens is 1. The lowest BCUT2D eigenvalue weighted by Crippen LogP contribution is -2.41. The minimum Gasteiger partial charge on any atom is -0.368 e. The maximum atomic E-state index is 11.6. The van der Waals surface area contributed by atoms with Gasteiger partial charge in [-0.1, -0.05) is 0 Å². The van der Waals surface area contributed by atoms with Gasteiger partial charge < -0.3 is 21.7 Å². The van der Waals surface area contributed by atoms with Crippen LogP contribution >= 0.6 is 0 Å². The van der Waals surface area contributed by atoms with E-state index in [9.17, 15) is 14.4 Å². The number of hydrogen-bond donors (Lipinski definition) is 4. The van der Waals surface area contributed by atoms with Crippen LogP contribution in [0.3, 0.4) is 0 Å². The molecule has 8 nitrogen and oxygen atoms in total. The quantitative estimate of drug-likeness (QED) is 0.504. The summed E-state index contributed by atoms with van der Waals surface area (Å²) in [5, 5.41) is 7.55. The number of primary amides is 1. The molecule has 3 amide bonds. The molecule has 0 unspecified atom stereocenters. The van der Waals surface area contributed by atoms with Crippen LogP contribution in [0.1, 0.15) is 11.3 Å². The van der Waals surface area contributed by atoms with E-state index < -0.39 is 11.8 Å². The summed E-state index contributed by atoms with van der Waals surface area (Å²) in [7, 11) is 0. The normalized spacial score (nSPS) is 9.81. The van der Waals surface area contributed by atoms with Gasteiger partial charge in [-0.3, -0.25) is 14.4 Å². The summed E-state index contributed by atoms with van der Waals surface area (Å²) in [6, 6.07) is 3.74. The predicted molar refractivity (Wildman–Crippen MR) is 77.4 cm³/mol. The Hall–Kier alpha value is -2.64. The molecule has 0 saturated heterocycles. The van der Waals surface area contributed by atoms with E-state index in [4.69, 9.17) is 5.73 Å². The first-order valence-electron chi connectivity index (χ1n) is 6.37. The molecule has 1 rings (SSSR count). The lowest BCUT2D eigenvalue weighted by atomic mass is 10.2. The van der Waals surface area contributed by atoms with Crippen LogP contribution in [-0.4, -0.2) is 42.3 Å². The molecule has 0 aliphatic carbocycles. The second kappa shape index (κ2) is 7.83. The van der Waals surface area contributed by atoms with E-state index in [0.717, 1.165) is 11.3 Å². The van der Waals surface area contributed by atoms with Crippen molar-refractivity contribution >= 4 is 23.5 Å². The Balaban J connectivity index is 2.31. The SMILES string of the molecule is Cc1cc(C)nc(NCC(=O)NCC(=O)NCC(N)=O)c1. The maximum absolute atomic E-state index is 11.6. The zero-order valence-electron chi connectivity index (χ0n) is 12.0. The highest BCUT2D eigenvalue weighted by Crippen LogP contribution is 2.08. The van der Waals surface area contributed by atoms with Crippen LogP contribution in [-0.2, 0) is 14.4 Å². The van der Waals surface area contributed by atoms with E-state index in [2.05, 4.69) is 20.9 Å². The van der Waals surface area contributed by atoms with Crippen molar-refractivity contribution in [1.82, 2.24) is 15.6 Å². The topological polar surface area (TPSA) is 126 Å². The van der Waals surface area contributed by atoms with Crippen LogP contribution in [0, 0.1) is 13.8 Å². The Morgan fingerprint density at radius 3 is 2.29 bits per heavy atom. The van der Waals surface area contributed by atoms with Crippen molar-refractivity contribution in [1.29, 1.82) is 0 Å². The van der Waals surface area contributed by atoms with Crippen molar-refractivity contribution in [3.63, 3.8) is 0 Å². The molecule has 8 heteroatoms. The Kier molecular flexibility index (Phi) is 6.12. The summed E-state index contributed by atoms with van der Waals surface area (Å²) < 4.78 is 0. The molecule has 0 radical (unpaired) electrons. The fourth-order valence-corrected chi connectivity index (χ4v) is 1.59. The van der Waals surface area contributed by atoms with Gasteiger partial charge in [0.25, 0.3) is 0 Å². The number of rotatable bonds is 7. The summed E-state index contributed by atoms with van der Waals surface area (Å²) in [5.74, 6) is -0.880. The Bertz CT molecular complexity index is 524. The van der Waals surface area contributed by atoms with Crippen molar-refractivity contribution in [2.75, 3.05) is 25.0 Å². The number of nitrogens with two attached hydrogens (primary N) is 1. The summed E-state index contributed by atoms with van der Waals surface area (Å²) in [5.41, 5.74) is 6.76. The van der Waals surface area contributed by atoms with E-state index in [0.29, 0.717) is 5.82 Å². The third-order valence-corrected chi connectivity index (χ3v) is 2.43. The number of carbonyl (C=O) groups is 3. The minimum absolute atomic E-state index is 0.000999. The average molecular weight is 293 g/mol. The molecule has 1 heterocycles. The monoisotopic (exact) mass is 293 g/mol. The first-order valence-corrected chi connectivity index (χ1v) is 6.37. The second-order valence-electron chi connectivity index (χ2n) is 4.54. The van der Waals surface area contributed by atoms with E-state index in [-0.39, 0.29) is 25.5 Å². The molecule has 114 valence electrons. The van der Waals surface area contributed by atoms with E-state index in [1.165, 1.54) is 0 Å². The number of aryl methyl sites for hydroxylation is 2. The average Bonchev–Trinajstić information content (AvgIpc) is 2.39. The first kappa shape index (κ1) is 16.4. The smallest absolute Gasteiger partial charge is 0.239 e. The standard InChI is InChI=1S/C13H19N5O3/c1-8-3-9(2)18-11(4-8)15-6-12(20)17-7-13(21)16-5-10(14)19/h3-4H,5-7H2,1-2H3,(H2,14,19)(H,15,18)(H,16,21)(H,17,20).